The Morgan fingerprint density at radius 2 is 2.00 bits per heavy atom. The van der Waals surface area contributed by atoms with Crippen molar-refractivity contribution in [2.24, 2.45) is 0 Å². The molecule has 1 aliphatic carbocycles. The maximum Gasteiger partial charge on any atom is 0.293 e. The molecular formula is C12H18N4O2. The monoisotopic (exact) mass is 250 g/mol. The highest BCUT2D eigenvalue weighted by Crippen LogP contribution is 2.37. The first-order chi connectivity index (χ1) is 8.63. The molecule has 2 fully saturated rings. The Morgan fingerprint density at radius 1 is 1.33 bits per heavy atom. The third kappa shape index (κ3) is 2.25. The van der Waals surface area contributed by atoms with Gasteiger partial charge in [-0.3, -0.25) is 9.89 Å². The largest absolute Gasteiger partial charge is 0.372 e. The van der Waals surface area contributed by atoms with Gasteiger partial charge in [0.2, 0.25) is 5.82 Å². The zero-order valence-electron chi connectivity index (χ0n) is 10.7. The number of hydrogen-bond acceptors (Lipinski definition) is 4. The summed E-state index contributed by atoms with van der Waals surface area (Å²) in [6.07, 6.45) is 2.43. The minimum absolute atomic E-state index is 0.0690. The van der Waals surface area contributed by atoms with Gasteiger partial charge in [-0.2, -0.15) is 0 Å². The van der Waals surface area contributed by atoms with E-state index in [1.54, 1.807) is 4.90 Å². The molecule has 1 amide bonds. The Morgan fingerprint density at radius 3 is 2.61 bits per heavy atom. The SMILES string of the molecule is CC1CN(C(=O)c2n[nH]c(C3CC3)n2)CC(C)O1. The number of carbonyl (C=O) groups is 1. The van der Waals surface area contributed by atoms with Crippen molar-refractivity contribution in [3.05, 3.63) is 11.6 Å². The highest BCUT2D eigenvalue weighted by atomic mass is 16.5. The Bertz CT molecular complexity index is 445. The summed E-state index contributed by atoms with van der Waals surface area (Å²) in [4.78, 5) is 18.3. The van der Waals surface area contributed by atoms with Gasteiger partial charge < -0.3 is 9.64 Å². The summed E-state index contributed by atoms with van der Waals surface area (Å²) < 4.78 is 5.61. The van der Waals surface area contributed by atoms with Crippen LogP contribution in [0, 0.1) is 0 Å². The Hall–Kier alpha value is -1.43. The first-order valence-corrected chi connectivity index (χ1v) is 6.50. The zero-order valence-corrected chi connectivity index (χ0v) is 10.7. The first kappa shape index (κ1) is 11.6. The molecule has 0 aromatic carbocycles. The Kier molecular flexibility index (Phi) is 2.81. The summed E-state index contributed by atoms with van der Waals surface area (Å²) in [5, 5.41) is 6.90. The van der Waals surface area contributed by atoms with Crippen molar-refractivity contribution in [1.29, 1.82) is 0 Å². The number of rotatable bonds is 2. The van der Waals surface area contributed by atoms with E-state index in [0.717, 1.165) is 18.7 Å². The Labute approximate surface area is 106 Å². The van der Waals surface area contributed by atoms with Gasteiger partial charge >= 0.3 is 0 Å². The molecule has 98 valence electrons. The van der Waals surface area contributed by atoms with Gasteiger partial charge in [0.05, 0.1) is 12.2 Å². The number of aromatic nitrogens is 3. The minimum atomic E-state index is -0.0971. The van der Waals surface area contributed by atoms with Gasteiger partial charge in [-0.05, 0) is 26.7 Å². The molecule has 1 saturated heterocycles. The number of hydrogen-bond donors (Lipinski definition) is 1. The van der Waals surface area contributed by atoms with Crippen LogP contribution in [0.2, 0.25) is 0 Å². The van der Waals surface area contributed by atoms with E-state index >= 15 is 0 Å². The summed E-state index contributed by atoms with van der Waals surface area (Å²) in [6, 6.07) is 0. The van der Waals surface area contributed by atoms with Gasteiger partial charge in [-0.15, -0.1) is 5.10 Å². The Balaban J connectivity index is 1.72. The van der Waals surface area contributed by atoms with Crippen molar-refractivity contribution >= 4 is 5.91 Å². The second-order valence-corrected chi connectivity index (χ2v) is 5.29. The van der Waals surface area contributed by atoms with Gasteiger partial charge in [0.15, 0.2) is 0 Å². The zero-order chi connectivity index (χ0) is 12.7. The van der Waals surface area contributed by atoms with Crippen molar-refractivity contribution in [2.75, 3.05) is 13.1 Å². The van der Waals surface area contributed by atoms with Crippen molar-refractivity contribution in [3.63, 3.8) is 0 Å². The van der Waals surface area contributed by atoms with E-state index in [9.17, 15) is 4.79 Å². The standard InChI is InChI=1S/C12H18N4O2/c1-7-5-16(6-8(2)18-7)12(17)11-13-10(14-15-11)9-3-4-9/h7-9H,3-6H2,1-2H3,(H,13,14,15). The van der Waals surface area contributed by atoms with Crippen LogP contribution in [0.3, 0.4) is 0 Å². The lowest BCUT2D eigenvalue weighted by Gasteiger charge is -2.34. The van der Waals surface area contributed by atoms with Crippen LogP contribution >= 0.6 is 0 Å². The summed E-state index contributed by atoms with van der Waals surface area (Å²) in [7, 11) is 0. The number of H-pyrrole nitrogens is 1. The molecule has 6 nitrogen and oxygen atoms in total. The lowest BCUT2D eigenvalue weighted by molar-refractivity contribution is -0.0588. The quantitative estimate of drug-likeness (QED) is 0.847. The van der Waals surface area contributed by atoms with Crippen LogP contribution in [-0.2, 0) is 4.74 Å². The number of carbonyl (C=O) groups excluding carboxylic acids is 1. The highest BCUT2D eigenvalue weighted by Gasteiger charge is 2.31. The summed E-state index contributed by atoms with van der Waals surface area (Å²) in [5.41, 5.74) is 0. The molecule has 1 saturated carbocycles. The second kappa shape index (κ2) is 4.35. The minimum Gasteiger partial charge on any atom is -0.372 e. The van der Waals surface area contributed by atoms with Crippen LogP contribution in [0.1, 0.15) is 49.1 Å². The molecule has 1 aliphatic heterocycles. The maximum absolute atomic E-state index is 12.3. The van der Waals surface area contributed by atoms with Crippen molar-refractivity contribution in [3.8, 4) is 0 Å². The van der Waals surface area contributed by atoms with Crippen LogP contribution in [0.15, 0.2) is 0 Å². The van der Waals surface area contributed by atoms with E-state index < -0.39 is 0 Å². The molecule has 1 aromatic rings. The summed E-state index contributed by atoms with van der Waals surface area (Å²) in [5.74, 6) is 1.53. The van der Waals surface area contributed by atoms with Crippen LogP contribution in [0.25, 0.3) is 0 Å². The topological polar surface area (TPSA) is 71.1 Å². The van der Waals surface area contributed by atoms with Gasteiger partial charge in [0.1, 0.15) is 5.82 Å². The van der Waals surface area contributed by atoms with Crippen LogP contribution in [-0.4, -0.2) is 51.3 Å². The lowest BCUT2D eigenvalue weighted by Crippen LogP contribution is -2.48. The maximum atomic E-state index is 12.3. The van der Waals surface area contributed by atoms with Gasteiger partial charge in [-0.25, -0.2) is 4.98 Å². The van der Waals surface area contributed by atoms with Gasteiger partial charge in [-0.1, -0.05) is 0 Å². The summed E-state index contributed by atoms with van der Waals surface area (Å²) in [6.45, 7) is 5.17. The van der Waals surface area contributed by atoms with Crippen molar-refractivity contribution < 1.29 is 9.53 Å². The van der Waals surface area contributed by atoms with E-state index in [2.05, 4.69) is 15.2 Å². The average molecular weight is 250 g/mol. The highest BCUT2D eigenvalue weighted by molar-refractivity contribution is 5.90. The van der Waals surface area contributed by atoms with E-state index in [0.29, 0.717) is 24.8 Å². The van der Waals surface area contributed by atoms with E-state index in [-0.39, 0.29) is 18.1 Å². The van der Waals surface area contributed by atoms with Crippen molar-refractivity contribution in [2.45, 2.75) is 44.8 Å². The molecule has 0 bridgehead atoms. The molecule has 0 spiro atoms. The number of amides is 1. The van der Waals surface area contributed by atoms with E-state index in [1.165, 1.54) is 0 Å². The predicted molar refractivity (Wildman–Crippen MR) is 64.3 cm³/mol. The molecule has 0 radical (unpaired) electrons. The second-order valence-electron chi connectivity index (χ2n) is 5.29. The number of nitrogens with zero attached hydrogens (tertiary/aromatic N) is 3. The van der Waals surface area contributed by atoms with E-state index in [4.69, 9.17) is 4.74 Å². The smallest absolute Gasteiger partial charge is 0.293 e. The molecule has 3 rings (SSSR count). The molecule has 2 heterocycles. The predicted octanol–water partition coefficient (Wildman–Crippen LogP) is 0.931. The fraction of sp³-hybridized carbons (Fsp3) is 0.750. The van der Waals surface area contributed by atoms with E-state index in [1.807, 2.05) is 13.8 Å². The first-order valence-electron chi connectivity index (χ1n) is 6.50. The molecule has 2 atom stereocenters. The summed E-state index contributed by atoms with van der Waals surface area (Å²) >= 11 is 0. The number of nitrogens with one attached hydrogen (secondary N) is 1. The fourth-order valence-corrected chi connectivity index (χ4v) is 2.39. The molecular weight excluding hydrogens is 232 g/mol. The number of ether oxygens (including phenoxy) is 1. The third-order valence-electron chi connectivity index (χ3n) is 3.36. The normalized spacial score (nSPS) is 28.4. The van der Waals surface area contributed by atoms with Crippen molar-refractivity contribution in [1.82, 2.24) is 20.1 Å². The number of aromatic amines is 1. The third-order valence-corrected chi connectivity index (χ3v) is 3.36. The molecule has 1 N–H and O–H groups in total. The van der Waals surface area contributed by atoms with Gasteiger partial charge in [0, 0.05) is 19.0 Å². The fourth-order valence-electron chi connectivity index (χ4n) is 2.39. The van der Waals surface area contributed by atoms with Gasteiger partial charge in [0.25, 0.3) is 5.91 Å². The molecule has 18 heavy (non-hydrogen) atoms. The van der Waals surface area contributed by atoms with Crippen LogP contribution < -0.4 is 0 Å². The lowest BCUT2D eigenvalue weighted by atomic mass is 10.2. The molecule has 6 heteroatoms. The molecule has 1 aromatic heterocycles. The van der Waals surface area contributed by atoms with Crippen LogP contribution in [0.5, 0.6) is 0 Å². The van der Waals surface area contributed by atoms with Crippen LogP contribution in [0.4, 0.5) is 0 Å². The average Bonchev–Trinajstić information content (AvgIpc) is 3.05. The molecule has 2 unspecified atom stereocenters. The molecule has 2 aliphatic rings. The number of morpholine rings is 1.